The third kappa shape index (κ3) is 5.45. The summed E-state index contributed by atoms with van der Waals surface area (Å²) in [6.45, 7) is 3.56. The molecular formula is C18H21N3O5. The van der Waals surface area contributed by atoms with Crippen molar-refractivity contribution < 1.29 is 24.2 Å². The topological polar surface area (TPSA) is 124 Å². The van der Waals surface area contributed by atoms with Gasteiger partial charge in [-0.05, 0) is 25.8 Å². The number of nitrogens with zero attached hydrogens (tertiary/aromatic N) is 1. The highest BCUT2D eigenvalue weighted by atomic mass is 16.6. The van der Waals surface area contributed by atoms with E-state index in [2.05, 4.69) is 4.98 Å². The summed E-state index contributed by atoms with van der Waals surface area (Å²) in [5.41, 5.74) is 6.66. The van der Waals surface area contributed by atoms with Gasteiger partial charge in [0.05, 0.1) is 12.1 Å². The van der Waals surface area contributed by atoms with Gasteiger partial charge in [-0.2, -0.15) is 0 Å². The average Bonchev–Trinajstić information content (AvgIpc) is 2.59. The third-order valence-corrected chi connectivity index (χ3v) is 3.27. The van der Waals surface area contributed by atoms with Crippen LogP contribution in [0.2, 0.25) is 0 Å². The van der Waals surface area contributed by atoms with Gasteiger partial charge in [-0.25, -0.2) is 9.78 Å². The summed E-state index contributed by atoms with van der Waals surface area (Å²) in [7, 11) is 0. The number of amides is 2. The molecule has 4 N–H and O–H groups in total. The number of nitrogens with one attached hydrogen (secondary N) is 1. The Morgan fingerprint density at radius 2 is 1.92 bits per heavy atom. The van der Waals surface area contributed by atoms with Gasteiger partial charge in [0.2, 0.25) is 11.7 Å². The average molecular weight is 359 g/mol. The summed E-state index contributed by atoms with van der Waals surface area (Å²) in [6.07, 6.45) is 0.287. The van der Waals surface area contributed by atoms with Crippen LogP contribution in [0.4, 0.5) is 4.79 Å². The van der Waals surface area contributed by atoms with Gasteiger partial charge in [-0.3, -0.25) is 10.1 Å². The first kappa shape index (κ1) is 19.2. The first-order valence-electron chi connectivity index (χ1n) is 8.03. The molecule has 1 aromatic heterocycles. The van der Waals surface area contributed by atoms with Crippen LogP contribution in [0.15, 0.2) is 42.6 Å². The molecule has 0 spiro atoms. The van der Waals surface area contributed by atoms with Crippen LogP contribution < -0.4 is 20.5 Å². The van der Waals surface area contributed by atoms with E-state index in [0.717, 1.165) is 5.56 Å². The summed E-state index contributed by atoms with van der Waals surface area (Å²) in [6, 6.07) is 9.66. The number of imide groups is 1. The van der Waals surface area contributed by atoms with E-state index < -0.39 is 23.8 Å². The number of aromatic nitrogens is 1. The Bertz CT molecular complexity index is 765. The fourth-order valence-electron chi connectivity index (χ4n) is 2.11. The van der Waals surface area contributed by atoms with Crippen LogP contribution in [0.3, 0.4) is 0 Å². The number of carbonyl (C=O) groups is 2. The molecule has 2 aromatic rings. The molecule has 0 aliphatic rings. The Labute approximate surface area is 150 Å². The standard InChI is InChI=1S/C18H21N3O5/c1-11(2)25-14-8-9-20-17(15(14)22)26-18(24)21-16(23)13(19)10-12-6-4-3-5-7-12/h3-9,11,13,22H,10,19H2,1-2H3,(H,21,23,24)/t13-/m0/s1. The lowest BCUT2D eigenvalue weighted by atomic mass is 10.1. The number of hydrogen-bond acceptors (Lipinski definition) is 7. The van der Waals surface area contributed by atoms with Crippen LogP contribution in [-0.4, -0.2) is 34.2 Å². The van der Waals surface area contributed by atoms with Crippen molar-refractivity contribution >= 4 is 12.0 Å². The largest absolute Gasteiger partial charge is 0.501 e. The van der Waals surface area contributed by atoms with Crippen molar-refractivity contribution in [2.75, 3.05) is 0 Å². The zero-order valence-electron chi connectivity index (χ0n) is 14.5. The third-order valence-electron chi connectivity index (χ3n) is 3.27. The van der Waals surface area contributed by atoms with Crippen LogP contribution in [0.5, 0.6) is 17.4 Å². The zero-order valence-corrected chi connectivity index (χ0v) is 14.5. The van der Waals surface area contributed by atoms with Crippen molar-refractivity contribution in [1.82, 2.24) is 10.3 Å². The first-order valence-corrected chi connectivity index (χ1v) is 8.03. The van der Waals surface area contributed by atoms with Crippen molar-refractivity contribution in [1.29, 1.82) is 0 Å². The van der Waals surface area contributed by atoms with Gasteiger partial charge in [-0.15, -0.1) is 0 Å². The number of rotatable bonds is 6. The van der Waals surface area contributed by atoms with E-state index in [1.165, 1.54) is 12.3 Å². The second-order valence-corrected chi connectivity index (χ2v) is 5.80. The molecule has 1 heterocycles. The maximum atomic E-state index is 12.0. The molecule has 0 unspecified atom stereocenters. The van der Waals surface area contributed by atoms with Crippen molar-refractivity contribution in [3.05, 3.63) is 48.2 Å². The van der Waals surface area contributed by atoms with Gasteiger partial charge < -0.3 is 20.3 Å². The lowest BCUT2D eigenvalue weighted by Crippen LogP contribution is -2.45. The van der Waals surface area contributed by atoms with Crippen molar-refractivity contribution in [2.45, 2.75) is 32.4 Å². The Kier molecular flexibility index (Phi) is 6.51. The molecule has 0 bridgehead atoms. The van der Waals surface area contributed by atoms with Gasteiger partial charge in [0.15, 0.2) is 5.75 Å². The maximum Gasteiger partial charge on any atom is 0.420 e. The Morgan fingerprint density at radius 3 is 2.58 bits per heavy atom. The molecule has 1 aromatic carbocycles. The predicted molar refractivity (Wildman–Crippen MR) is 94.0 cm³/mol. The molecule has 0 fully saturated rings. The monoisotopic (exact) mass is 359 g/mol. The molecule has 0 aliphatic heterocycles. The number of carbonyl (C=O) groups excluding carboxylic acids is 2. The smallest absolute Gasteiger partial charge is 0.420 e. The highest BCUT2D eigenvalue weighted by Gasteiger charge is 2.20. The second-order valence-electron chi connectivity index (χ2n) is 5.80. The van der Waals surface area contributed by atoms with E-state index in [-0.39, 0.29) is 24.2 Å². The highest BCUT2D eigenvalue weighted by Crippen LogP contribution is 2.34. The molecule has 8 nitrogen and oxygen atoms in total. The second kappa shape index (κ2) is 8.82. The molecule has 0 saturated carbocycles. The lowest BCUT2D eigenvalue weighted by Gasteiger charge is -2.14. The first-order chi connectivity index (χ1) is 12.4. The fraction of sp³-hybridized carbons (Fsp3) is 0.278. The number of pyridine rings is 1. The quantitative estimate of drug-likeness (QED) is 0.718. The number of nitrogens with two attached hydrogens (primary N) is 1. The van der Waals surface area contributed by atoms with Crippen LogP contribution in [0.25, 0.3) is 0 Å². The van der Waals surface area contributed by atoms with E-state index in [9.17, 15) is 14.7 Å². The van der Waals surface area contributed by atoms with Gasteiger partial charge in [-0.1, -0.05) is 30.3 Å². The molecule has 0 radical (unpaired) electrons. The Hall–Kier alpha value is -3.13. The summed E-state index contributed by atoms with van der Waals surface area (Å²) in [5.74, 6) is -1.39. The van der Waals surface area contributed by atoms with Gasteiger partial charge >= 0.3 is 6.09 Å². The zero-order chi connectivity index (χ0) is 19.1. The molecular weight excluding hydrogens is 338 g/mol. The number of aromatic hydroxyl groups is 1. The molecule has 138 valence electrons. The van der Waals surface area contributed by atoms with Gasteiger partial charge in [0.25, 0.3) is 5.88 Å². The molecule has 0 saturated heterocycles. The summed E-state index contributed by atoms with van der Waals surface area (Å²) < 4.78 is 10.2. The van der Waals surface area contributed by atoms with Crippen LogP contribution in [0.1, 0.15) is 19.4 Å². The van der Waals surface area contributed by atoms with E-state index in [1.807, 2.05) is 35.6 Å². The minimum Gasteiger partial charge on any atom is -0.501 e. The minimum atomic E-state index is -1.09. The molecule has 1 atom stereocenters. The van der Waals surface area contributed by atoms with E-state index in [4.69, 9.17) is 15.2 Å². The lowest BCUT2D eigenvalue weighted by molar-refractivity contribution is -0.121. The van der Waals surface area contributed by atoms with Crippen molar-refractivity contribution in [3.63, 3.8) is 0 Å². The van der Waals surface area contributed by atoms with Gasteiger partial charge in [0.1, 0.15) is 0 Å². The van der Waals surface area contributed by atoms with E-state index in [1.54, 1.807) is 13.8 Å². The Balaban J connectivity index is 1.95. The van der Waals surface area contributed by atoms with Crippen molar-refractivity contribution in [3.8, 4) is 17.4 Å². The maximum absolute atomic E-state index is 12.0. The number of ether oxygens (including phenoxy) is 2. The summed E-state index contributed by atoms with van der Waals surface area (Å²) >= 11 is 0. The molecule has 2 amide bonds. The predicted octanol–water partition coefficient (Wildman–Crippen LogP) is 1.76. The van der Waals surface area contributed by atoms with Crippen molar-refractivity contribution in [2.24, 2.45) is 5.73 Å². The molecule has 8 heteroatoms. The molecule has 2 rings (SSSR count). The molecule has 26 heavy (non-hydrogen) atoms. The van der Waals surface area contributed by atoms with Crippen LogP contribution in [-0.2, 0) is 11.2 Å². The SMILES string of the molecule is CC(C)Oc1ccnc(OC(=O)NC(=O)[C@@H](N)Cc2ccccc2)c1O. The summed E-state index contributed by atoms with van der Waals surface area (Å²) in [5, 5.41) is 12.0. The summed E-state index contributed by atoms with van der Waals surface area (Å²) in [4.78, 5) is 27.6. The van der Waals surface area contributed by atoms with Crippen LogP contribution in [0, 0.1) is 0 Å². The normalized spacial score (nSPS) is 11.7. The van der Waals surface area contributed by atoms with Crippen LogP contribution >= 0.6 is 0 Å². The number of benzene rings is 1. The number of hydrogen-bond donors (Lipinski definition) is 3. The minimum absolute atomic E-state index is 0.116. The molecule has 0 aliphatic carbocycles. The van der Waals surface area contributed by atoms with E-state index >= 15 is 0 Å². The highest BCUT2D eigenvalue weighted by molar-refractivity contribution is 5.95. The van der Waals surface area contributed by atoms with Gasteiger partial charge in [0, 0.05) is 12.3 Å². The van der Waals surface area contributed by atoms with E-state index in [0.29, 0.717) is 0 Å². The fourth-order valence-corrected chi connectivity index (χ4v) is 2.11. The Morgan fingerprint density at radius 1 is 1.23 bits per heavy atom.